The van der Waals surface area contributed by atoms with Crippen LogP contribution < -0.4 is 4.74 Å². The summed E-state index contributed by atoms with van der Waals surface area (Å²) >= 11 is 2.82. The molecule has 0 spiro atoms. The molecule has 0 saturated heterocycles. The summed E-state index contributed by atoms with van der Waals surface area (Å²) < 4.78 is 39.8. The van der Waals surface area contributed by atoms with E-state index in [0.717, 1.165) is 6.07 Å². The van der Waals surface area contributed by atoms with Crippen molar-refractivity contribution in [2.45, 2.75) is 13.3 Å². The Bertz CT molecular complexity index is 505. The Kier molecular flexibility index (Phi) is 3.78. The summed E-state index contributed by atoms with van der Waals surface area (Å²) in [5, 5.41) is 8.72. The van der Waals surface area contributed by atoms with Crippen LogP contribution in [0.25, 0.3) is 0 Å². The van der Waals surface area contributed by atoms with Crippen molar-refractivity contribution in [3.05, 3.63) is 27.7 Å². The number of nitrogens with zero attached hydrogens (tertiary/aromatic N) is 1. The van der Waals surface area contributed by atoms with E-state index in [0.29, 0.717) is 0 Å². The first-order valence-corrected chi connectivity index (χ1v) is 5.04. The molecule has 0 aliphatic heterocycles. The van der Waals surface area contributed by atoms with Crippen molar-refractivity contribution in [1.82, 2.24) is 0 Å². The van der Waals surface area contributed by atoms with Crippen molar-refractivity contribution in [3.63, 3.8) is 0 Å². The number of ketones is 1. The maximum atomic E-state index is 12.1. The van der Waals surface area contributed by atoms with Crippen molar-refractivity contribution < 1.29 is 22.7 Å². The Labute approximate surface area is 103 Å². The largest absolute Gasteiger partial charge is 0.573 e. The van der Waals surface area contributed by atoms with E-state index in [2.05, 4.69) is 20.7 Å². The number of hydrogen-bond donors (Lipinski definition) is 0. The molecule has 7 heteroatoms. The standard InChI is InChI=1S/C10H5BrF3NO2/c1-5(16)6-2-7(4-15)9(11)8(3-6)17-10(12,13)14/h2-3H,1H3. The van der Waals surface area contributed by atoms with Gasteiger partial charge in [0.25, 0.3) is 0 Å². The van der Waals surface area contributed by atoms with Crippen LogP contribution >= 0.6 is 15.9 Å². The number of Topliss-reactive ketones (excluding diaryl/α,β-unsaturated/α-hetero) is 1. The summed E-state index contributed by atoms with van der Waals surface area (Å²) in [6.07, 6.45) is -4.88. The molecule has 0 aliphatic carbocycles. The zero-order valence-electron chi connectivity index (χ0n) is 8.43. The van der Waals surface area contributed by atoms with Crippen LogP contribution in [0, 0.1) is 11.3 Å². The molecule has 0 aliphatic rings. The highest BCUT2D eigenvalue weighted by Gasteiger charge is 2.32. The molecule has 0 aromatic heterocycles. The topological polar surface area (TPSA) is 50.1 Å². The number of carbonyl (C=O) groups excluding carboxylic acids is 1. The molecule has 1 aromatic rings. The van der Waals surface area contributed by atoms with Gasteiger partial charge in [-0.05, 0) is 35.0 Å². The van der Waals surface area contributed by atoms with Crippen LogP contribution in [0.15, 0.2) is 16.6 Å². The number of carbonyl (C=O) groups is 1. The molecule has 17 heavy (non-hydrogen) atoms. The van der Waals surface area contributed by atoms with E-state index in [1.807, 2.05) is 0 Å². The first-order valence-electron chi connectivity index (χ1n) is 4.25. The lowest BCUT2D eigenvalue weighted by atomic mass is 10.1. The second-order valence-corrected chi connectivity index (χ2v) is 3.84. The normalized spacial score (nSPS) is 10.8. The molecular weight excluding hydrogens is 303 g/mol. The van der Waals surface area contributed by atoms with Gasteiger partial charge in [0.2, 0.25) is 0 Å². The van der Waals surface area contributed by atoms with Gasteiger partial charge in [0.15, 0.2) is 5.78 Å². The SMILES string of the molecule is CC(=O)c1cc(C#N)c(Br)c(OC(F)(F)F)c1. The molecule has 3 nitrogen and oxygen atoms in total. The van der Waals surface area contributed by atoms with Gasteiger partial charge in [-0.3, -0.25) is 4.79 Å². The quantitative estimate of drug-likeness (QED) is 0.787. The molecule has 0 bridgehead atoms. The molecule has 1 rings (SSSR count). The van der Waals surface area contributed by atoms with Gasteiger partial charge >= 0.3 is 6.36 Å². The van der Waals surface area contributed by atoms with E-state index in [1.165, 1.54) is 13.0 Å². The molecule has 1 aromatic carbocycles. The zero-order valence-corrected chi connectivity index (χ0v) is 10.0. The van der Waals surface area contributed by atoms with Crippen LogP contribution in [-0.4, -0.2) is 12.1 Å². The Hall–Kier alpha value is -1.55. The number of nitriles is 1. The van der Waals surface area contributed by atoms with E-state index >= 15 is 0 Å². The molecule has 0 amide bonds. The molecule has 90 valence electrons. The maximum absolute atomic E-state index is 12.1. The van der Waals surface area contributed by atoms with E-state index in [1.54, 1.807) is 6.07 Å². The number of rotatable bonds is 2. The van der Waals surface area contributed by atoms with Crippen LogP contribution in [0.2, 0.25) is 0 Å². The summed E-state index contributed by atoms with van der Waals surface area (Å²) in [5.74, 6) is -1.07. The van der Waals surface area contributed by atoms with Crippen molar-refractivity contribution in [2.24, 2.45) is 0 Å². The van der Waals surface area contributed by atoms with Crippen LogP contribution in [0.3, 0.4) is 0 Å². The van der Waals surface area contributed by atoms with E-state index < -0.39 is 17.9 Å². The third-order valence-corrected chi connectivity index (χ3v) is 2.61. The minimum Gasteiger partial charge on any atom is -0.405 e. The third kappa shape index (κ3) is 3.46. The summed E-state index contributed by atoms with van der Waals surface area (Å²) in [6, 6.07) is 3.79. The van der Waals surface area contributed by atoms with Crippen molar-refractivity contribution in [2.75, 3.05) is 0 Å². The van der Waals surface area contributed by atoms with Gasteiger partial charge in [-0.2, -0.15) is 5.26 Å². The van der Waals surface area contributed by atoms with E-state index in [4.69, 9.17) is 5.26 Å². The van der Waals surface area contributed by atoms with Crippen LogP contribution in [0.4, 0.5) is 13.2 Å². The second-order valence-electron chi connectivity index (χ2n) is 3.05. The zero-order chi connectivity index (χ0) is 13.2. The van der Waals surface area contributed by atoms with Gasteiger partial charge in [-0.25, -0.2) is 0 Å². The first kappa shape index (κ1) is 13.5. The van der Waals surface area contributed by atoms with Gasteiger partial charge in [0.05, 0.1) is 10.0 Å². The van der Waals surface area contributed by atoms with Gasteiger partial charge in [-0.1, -0.05) is 0 Å². The minimum absolute atomic E-state index is 0.0241. The minimum atomic E-state index is -4.88. The molecule has 0 saturated carbocycles. The molecule has 0 N–H and O–H groups in total. The highest BCUT2D eigenvalue weighted by molar-refractivity contribution is 9.10. The average Bonchev–Trinajstić information content (AvgIpc) is 2.18. The Morgan fingerprint density at radius 1 is 1.47 bits per heavy atom. The van der Waals surface area contributed by atoms with Gasteiger partial charge in [0, 0.05) is 5.56 Å². The van der Waals surface area contributed by atoms with Crippen LogP contribution in [0.5, 0.6) is 5.75 Å². The Balaban J connectivity index is 3.34. The maximum Gasteiger partial charge on any atom is 0.573 e. The lowest BCUT2D eigenvalue weighted by molar-refractivity contribution is -0.274. The highest BCUT2D eigenvalue weighted by atomic mass is 79.9. The third-order valence-electron chi connectivity index (χ3n) is 1.79. The lowest BCUT2D eigenvalue weighted by Crippen LogP contribution is -2.18. The fraction of sp³-hybridized carbons (Fsp3) is 0.200. The molecule has 0 atom stereocenters. The molecule has 0 unspecified atom stereocenters. The number of benzene rings is 1. The van der Waals surface area contributed by atoms with Gasteiger partial charge in [0.1, 0.15) is 11.8 Å². The molecule has 0 fully saturated rings. The predicted molar refractivity (Wildman–Crippen MR) is 55.5 cm³/mol. The number of ether oxygens (including phenoxy) is 1. The van der Waals surface area contributed by atoms with Crippen molar-refractivity contribution in [3.8, 4) is 11.8 Å². The molecular formula is C10H5BrF3NO2. The van der Waals surface area contributed by atoms with E-state index in [9.17, 15) is 18.0 Å². The predicted octanol–water partition coefficient (Wildman–Crippen LogP) is 3.42. The number of halogens is 4. The van der Waals surface area contributed by atoms with Crippen LogP contribution in [0.1, 0.15) is 22.8 Å². The first-order chi connectivity index (χ1) is 7.74. The lowest BCUT2D eigenvalue weighted by Gasteiger charge is -2.12. The van der Waals surface area contributed by atoms with Gasteiger partial charge < -0.3 is 4.74 Å². The number of alkyl halides is 3. The van der Waals surface area contributed by atoms with E-state index in [-0.39, 0.29) is 15.6 Å². The fourth-order valence-corrected chi connectivity index (χ4v) is 1.48. The highest BCUT2D eigenvalue weighted by Crippen LogP contribution is 2.34. The second kappa shape index (κ2) is 4.75. The number of hydrogen-bond acceptors (Lipinski definition) is 3. The summed E-state index contributed by atoms with van der Waals surface area (Å²) in [5.41, 5.74) is -0.124. The van der Waals surface area contributed by atoms with Crippen molar-refractivity contribution >= 4 is 21.7 Å². The smallest absolute Gasteiger partial charge is 0.405 e. The molecule has 0 heterocycles. The van der Waals surface area contributed by atoms with Crippen molar-refractivity contribution in [1.29, 1.82) is 5.26 Å². The van der Waals surface area contributed by atoms with Crippen LogP contribution in [-0.2, 0) is 0 Å². The Morgan fingerprint density at radius 3 is 2.47 bits per heavy atom. The molecule has 0 radical (unpaired) electrons. The average molecular weight is 308 g/mol. The fourth-order valence-electron chi connectivity index (χ4n) is 1.08. The Morgan fingerprint density at radius 2 is 2.06 bits per heavy atom. The monoisotopic (exact) mass is 307 g/mol. The summed E-state index contributed by atoms with van der Waals surface area (Å²) in [7, 11) is 0. The van der Waals surface area contributed by atoms with Gasteiger partial charge in [-0.15, -0.1) is 13.2 Å². The summed E-state index contributed by atoms with van der Waals surface area (Å²) in [4.78, 5) is 11.1. The summed E-state index contributed by atoms with van der Waals surface area (Å²) in [6.45, 7) is 1.18.